The van der Waals surface area contributed by atoms with Crippen LogP contribution < -0.4 is 5.32 Å². The first-order chi connectivity index (χ1) is 12.3. The minimum atomic E-state index is -1.22. The van der Waals surface area contributed by atoms with E-state index in [1.165, 1.54) is 0 Å². The highest BCUT2D eigenvalue weighted by Crippen LogP contribution is 2.33. The molecular formula is C20H29BrClNO4. The predicted molar refractivity (Wildman–Crippen MR) is 111 cm³/mol. The molecular weight excluding hydrogens is 434 g/mol. The summed E-state index contributed by atoms with van der Waals surface area (Å²) in [6.07, 6.45) is 0.653. The number of carbonyl (C=O) groups excluding carboxylic acids is 2. The molecule has 1 unspecified atom stereocenters. The van der Waals surface area contributed by atoms with E-state index in [1.54, 1.807) is 27.7 Å². The molecule has 0 saturated carbocycles. The Bertz CT molecular complexity index is 674. The van der Waals surface area contributed by atoms with Crippen LogP contribution in [0.15, 0.2) is 22.7 Å². The number of rotatable bonds is 7. The lowest BCUT2D eigenvalue weighted by atomic mass is 9.92. The lowest BCUT2D eigenvalue weighted by molar-refractivity contribution is -0.162. The van der Waals surface area contributed by atoms with Crippen LogP contribution in [-0.2, 0) is 14.3 Å². The summed E-state index contributed by atoms with van der Waals surface area (Å²) in [5.74, 6) is -0.440. The van der Waals surface area contributed by atoms with Crippen LogP contribution in [0.1, 0.15) is 72.3 Å². The van der Waals surface area contributed by atoms with Crippen LogP contribution in [-0.4, -0.2) is 23.4 Å². The van der Waals surface area contributed by atoms with Crippen molar-refractivity contribution in [2.75, 3.05) is 0 Å². The van der Waals surface area contributed by atoms with Crippen molar-refractivity contribution in [2.45, 2.75) is 78.0 Å². The molecule has 0 aliphatic heterocycles. The molecule has 0 saturated heterocycles. The van der Waals surface area contributed by atoms with Crippen molar-refractivity contribution in [3.8, 4) is 0 Å². The third-order valence-corrected chi connectivity index (χ3v) is 4.57. The zero-order chi connectivity index (χ0) is 20.8. The van der Waals surface area contributed by atoms with E-state index in [1.807, 2.05) is 32.0 Å². The first-order valence-electron chi connectivity index (χ1n) is 9.03. The molecule has 0 bridgehead atoms. The van der Waals surface area contributed by atoms with Gasteiger partial charge in [-0.3, -0.25) is 10.1 Å². The molecule has 1 amide bonds. The van der Waals surface area contributed by atoms with Crippen molar-refractivity contribution >= 4 is 39.6 Å². The average Bonchev–Trinajstić information content (AvgIpc) is 2.43. The molecule has 0 aliphatic carbocycles. The van der Waals surface area contributed by atoms with Gasteiger partial charge in [0.15, 0.2) is 5.72 Å². The van der Waals surface area contributed by atoms with Gasteiger partial charge in [-0.15, -0.1) is 0 Å². The van der Waals surface area contributed by atoms with Gasteiger partial charge in [-0.2, -0.15) is 0 Å². The predicted octanol–water partition coefficient (Wildman–Crippen LogP) is 6.18. The molecule has 0 radical (unpaired) electrons. The molecule has 27 heavy (non-hydrogen) atoms. The van der Waals surface area contributed by atoms with Crippen LogP contribution in [0, 0.1) is 0 Å². The number of amides is 1. The van der Waals surface area contributed by atoms with Crippen LogP contribution in [0.5, 0.6) is 0 Å². The van der Waals surface area contributed by atoms with Crippen molar-refractivity contribution in [2.24, 2.45) is 0 Å². The number of carbonyl (C=O) groups is 2. The summed E-state index contributed by atoms with van der Waals surface area (Å²) in [5.41, 5.74) is -0.965. The van der Waals surface area contributed by atoms with Crippen molar-refractivity contribution in [1.82, 2.24) is 5.32 Å². The molecule has 2 atom stereocenters. The van der Waals surface area contributed by atoms with E-state index in [9.17, 15) is 9.59 Å². The molecule has 1 N–H and O–H groups in total. The summed E-state index contributed by atoms with van der Waals surface area (Å²) >= 11 is 9.74. The Balaban J connectivity index is 3.01. The van der Waals surface area contributed by atoms with Gasteiger partial charge in [0.1, 0.15) is 5.60 Å². The highest BCUT2D eigenvalue weighted by molar-refractivity contribution is 9.10. The lowest BCUT2D eigenvalue weighted by Crippen LogP contribution is -2.51. The number of nitrogens with one attached hydrogen (secondary N) is 1. The molecule has 7 heteroatoms. The molecule has 0 aliphatic rings. The van der Waals surface area contributed by atoms with Crippen LogP contribution in [0.3, 0.4) is 0 Å². The smallest absolute Gasteiger partial charge is 0.410 e. The quantitative estimate of drug-likeness (QED) is 0.388. The molecule has 1 aromatic rings. The van der Waals surface area contributed by atoms with Gasteiger partial charge in [0.25, 0.3) is 0 Å². The van der Waals surface area contributed by atoms with Gasteiger partial charge in [-0.1, -0.05) is 47.4 Å². The molecule has 1 aromatic carbocycles. The first-order valence-corrected chi connectivity index (χ1v) is 10.2. The van der Waals surface area contributed by atoms with Gasteiger partial charge >= 0.3 is 12.1 Å². The highest BCUT2D eigenvalue weighted by atomic mass is 79.9. The van der Waals surface area contributed by atoms with Gasteiger partial charge in [0.2, 0.25) is 0 Å². The Hall–Kier alpha value is -1.27. The van der Waals surface area contributed by atoms with Gasteiger partial charge < -0.3 is 9.47 Å². The molecule has 0 spiro atoms. The van der Waals surface area contributed by atoms with Crippen LogP contribution >= 0.6 is 27.5 Å². The fourth-order valence-corrected chi connectivity index (χ4v) is 3.60. The molecule has 152 valence electrons. The topological polar surface area (TPSA) is 64.6 Å². The Morgan fingerprint density at radius 1 is 1.22 bits per heavy atom. The summed E-state index contributed by atoms with van der Waals surface area (Å²) in [5, 5.41) is 3.32. The van der Waals surface area contributed by atoms with Crippen molar-refractivity contribution in [3.05, 3.63) is 33.3 Å². The van der Waals surface area contributed by atoms with Gasteiger partial charge in [-0.25, -0.2) is 4.79 Å². The second kappa shape index (κ2) is 9.78. The van der Waals surface area contributed by atoms with Crippen LogP contribution in [0.25, 0.3) is 0 Å². The fraction of sp³-hybridized carbons (Fsp3) is 0.600. The molecule has 0 aromatic heterocycles. The number of ether oxygens (including phenoxy) is 2. The minimum Gasteiger partial charge on any atom is -0.444 e. The summed E-state index contributed by atoms with van der Waals surface area (Å²) in [6.45, 7) is 10.9. The summed E-state index contributed by atoms with van der Waals surface area (Å²) in [4.78, 5) is 24.4. The van der Waals surface area contributed by atoms with E-state index >= 15 is 0 Å². The van der Waals surface area contributed by atoms with Gasteiger partial charge in [0, 0.05) is 22.3 Å². The van der Waals surface area contributed by atoms with E-state index < -0.39 is 17.4 Å². The summed E-state index contributed by atoms with van der Waals surface area (Å²) in [6, 6.07) is 5.63. The molecule has 5 nitrogen and oxygen atoms in total. The number of benzene rings is 1. The largest absolute Gasteiger partial charge is 0.444 e. The third kappa shape index (κ3) is 8.52. The molecule has 1 rings (SSSR count). The van der Waals surface area contributed by atoms with E-state index in [-0.39, 0.29) is 18.3 Å². The number of esters is 1. The molecule has 0 fully saturated rings. The Morgan fingerprint density at radius 3 is 2.37 bits per heavy atom. The van der Waals surface area contributed by atoms with E-state index in [0.29, 0.717) is 17.9 Å². The monoisotopic (exact) mass is 461 g/mol. The molecule has 0 heterocycles. The average molecular weight is 463 g/mol. The zero-order valence-corrected chi connectivity index (χ0v) is 19.2. The van der Waals surface area contributed by atoms with Crippen molar-refractivity contribution < 1.29 is 19.1 Å². The summed E-state index contributed by atoms with van der Waals surface area (Å²) in [7, 11) is 0. The van der Waals surface area contributed by atoms with Crippen LogP contribution in [0.2, 0.25) is 5.02 Å². The van der Waals surface area contributed by atoms with Crippen molar-refractivity contribution in [3.63, 3.8) is 0 Å². The summed E-state index contributed by atoms with van der Waals surface area (Å²) < 4.78 is 11.8. The number of hydrogen-bond donors (Lipinski definition) is 1. The van der Waals surface area contributed by atoms with E-state index in [4.69, 9.17) is 21.1 Å². The first kappa shape index (κ1) is 23.8. The van der Waals surface area contributed by atoms with Crippen LogP contribution in [0.4, 0.5) is 4.79 Å². The fourth-order valence-electron chi connectivity index (χ4n) is 2.74. The number of halogens is 2. The number of hydrogen-bond acceptors (Lipinski definition) is 4. The standard InChI is InChI=1S/C20H29BrClNO4/c1-7-8-17(24)26-20(6,23-18(25)27-19(3,4)5)12-13(2)15-10-9-14(21)11-16(15)22/h9-11,13H,7-8,12H2,1-6H3,(H,23,25)/t13?,20-/m0/s1. The van der Waals surface area contributed by atoms with E-state index in [0.717, 1.165) is 10.0 Å². The second-order valence-electron chi connectivity index (χ2n) is 7.85. The zero-order valence-electron chi connectivity index (χ0n) is 16.8. The normalized spacial score (nSPS) is 14.8. The maximum Gasteiger partial charge on any atom is 0.410 e. The number of alkyl carbamates (subject to hydrolysis) is 1. The maximum absolute atomic E-state index is 12.3. The Kier molecular flexibility index (Phi) is 8.61. The Morgan fingerprint density at radius 2 is 1.85 bits per heavy atom. The van der Waals surface area contributed by atoms with Gasteiger partial charge in [0.05, 0.1) is 0 Å². The maximum atomic E-state index is 12.3. The SMILES string of the molecule is CCCC(=O)O[C@@](C)(CC(C)c1ccc(Br)cc1Cl)NC(=O)OC(C)(C)C. The second-order valence-corrected chi connectivity index (χ2v) is 9.18. The Labute approximate surface area is 175 Å². The minimum absolute atomic E-state index is 0.0695. The van der Waals surface area contributed by atoms with Crippen molar-refractivity contribution in [1.29, 1.82) is 0 Å². The third-order valence-electron chi connectivity index (χ3n) is 3.75. The van der Waals surface area contributed by atoms with Gasteiger partial charge in [-0.05, 0) is 57.7 Å². The van der Waals surface area contributed by atoms with E-state index in [2.05, 4.69) is 21.2 Å². The highest BCUT2D eigenvalue weighted by Gasteiger charge is 2.35. The lowest BCUT2D eigenvalue weighted by Gasteiger charge is -2.34.